The van der Waals surface area contributed by atoms with Gasteiger partial charge in [-0.05, 0) is 53.5 Å². The van der Waals surface area contributed by atoms with Crippen LogP contribution in [-0.2, 0) is 16.6 Å². The predicted molar refractivity (Wildman–Crippen MR) is 81.6 cm³/mol. The Balaban J connectivity index is 3.09. The highest BCUT2D eigenvalue weighted by Gasteiger charge is 2.21. The van der Waals surface area contributed by atoms with Gasteiger partial charge in [-0.25, -0.2) is 13.1 Å². The van der Waals surface area contributed by atoms with Crippen LogP contribution in [0.3, 0.4) is 0 Å². The van der Waals surface area contributed by atoms with Gasteiger partial charge in [-0.1, -0.05) is 19.9 Å². The molecule has 0 saturated carbocycles. The molecule has 0 aromatic heterocycles. The van der Waals surface area contributed by atoms with Crippen LogP contribution >= 0.6 is 15.9 Å². The first-order chi connectivity index (χ1) is 8.94. The van der Waals surface area contributed by atoms with Crippen molar-refractivity contribution in [1.82, 2.24) is 10.0 Å². The molecule has 0 aliphatic rings. The van der Waals surface area contributed by atoms with Gasteiger partial charge >= 0.3 is 0 Å². The minimum absolute atomic E-state index is 0.0233. The van der Waals surface area contributed by atoms with Crippen molar-refractivity contribution in [3.05, 3.63) is 28.2 Å². The summed E-state index contributed by atoms with van der Waals surface area (Å²) in [7, 11) is -1.65. The van der Waals surface area contributed by atoms with E-state index in [1.165, 1.54) is 0 Å². The van der Waals surface area contributed by atoms with Crippen molar-refractivity contribution in [2.45, 2.75) is 44.2 Å². The largest absolute Gasteiger partial charge is 0.316 e. The van der Waals surface area contributed by atoms with Crippen molar-refractivity contribution in [2.75, 3.05) is 7.05 Å². The van der Waals surface area contributed by atoms with Gasteiger partial charge in [0.25, 0.3) is 0 Å². The maximum Gasteiger partial charge on any atom is 0.241 e. The third-order valence-electron chi connectivity index (χ3n) is 2.97. The number of benzene rings is 1. The van der Waals surface area contributed by atoms with E-state index in [0.717, 1.165) is 18.4 Å². The van der Waals surface area contributed by atoms with Crippen molar-refractivity contribution in [3.8, 4) is 0 Å². The molecule has 0 atom stereocenters. The van der Waals surface area contributed by atoms with E-state index in [-0.39, 0.29) is 6.04 Å². The lowest BCUT2D eigenvalue weighted by atomic mass is 10.2. The molecule has 0 bridgehead atoms. The molecule has 0 amide bonds. The summed E-state index contributed by atoms with van der Waals surface area (Å²) < 4.78 is 28.1. The molecule has 1 aromatic rings. The van der Waals surface area contributed by atoms with E-state index in [0.29, 0.717) is 15.9 Å². The lowest BCUT2D eigenvalue weighted by Crippen LogP contribution is -2.34. The molecule has 6 heteroatoms. The Morgan fingerprint density at radius 1 is 1.26 bits per heavy atom. The summed E-state index contributed by atoms with van der Waals surface area (Å²) in [6.07, 6.45) is 1.56. The molecule has 4 nitrogen and oxygen atoms in total. The van der Waals surface area contributed by atoms with E-state index in [1.54, 1.807) is 12.1 Å². The van der Waals surface area contributed by atoms with Gasteiger partial charge in [-0.2, -0.15) is 0 Å². The first-order valence-corrected chi connectivity index (χ1v) is 8.67. The highest BCUT2D eigenvalue weighted by Crippen LogP contribution is 2.23. The highest BCUT2D eigenvalue weighted by molar-refractivity contribution is 9.10. The Labute approximate surface area is 124 Å². The molecular formula is C13H21BrN2O2S. The van der Waals surface area contributed by atoms with E-state index in [2.05, 4.69) is 26.0 Å². The molecule has 0 aliphatic carbocycles. The fourth-order valence-corrected chi connectivity index (χ4v) is 4.22. The van der Waals surface area contributed by atoms with Crippen LogP contribution in [0.5, 0.6) is 0 Å². The predicted octanol–water partition coefficient (Wildman–Crippen LogP) is 2.64. The standard InChI is InChI=1S/C13H21BrN2O2S/c1-4-11(5-2)16-19(17,18)13-8-10(9-15-3)6-7-12(13)14/h6-8,11,15-16H,4-5,9H2,1-3H3. The molecular weight excluding hydrogens is 328 g/mol. The lowest BCUT2D eigenvalue weighted by molar-refractivity contribution is 0.530. The van der Waals surface area contributed by atoms with E-state index in [4.69, 9.17) is 0 Å². The second kappa shape index (κ2) is 7.38. The van der Waals surface area contributed by atoms with Crippen LogP contribution in [0.15, 0.2) is 27.6 Å². The number of halogens is 1. The smallest absolute Gasteiger partial charge is 0.241 e. The number of nitrogens with one attached hydrogen (secondary N) is 2. The highest BCUT2D eigenvalue weighted by atomic mass is 79.9. The van der Waals surface area contributed by atoms with Crippen molar-refractivity contribution < 1.29 is 8.42 Å². The van der Waals surface area contributed by atoms with Gasteiger partial charge in [0, 0.05) is 17.1 Å². The number of hydrogen-bond acceptors (Lipinski definition) is 3. The summed E-state index contributed by atoms with van der Waals surface area (Å²) in [6.45, 7) is 4.59. The van der Waals surface area contributed by atoms with Crippen molar-refractivity contribution in [1.29, 1.82) is 0 Å². The molecule has 0 heterocycles. The third kappa shape index (κ3) is 4.56. The topological polar surface area (TPSA) is 58.2 Å². The quantitative estimate of drug-likeness (QED) is 0.796. The van der Waals surface area contributed by atoms with Gasteiger partial charge < -0.3 is 5.32 Å². The fraction of sp³-hybridized carbons (Fsp3) is 0.538. The molecule has 0 aliphatic heterocycles. The zero-order valence-electron chi connectivity index (χ0n) is 11.5. The summed E-state index contributed by atoms with van der Waals surface area (Å²) in [5, 5.41) is 3.01. The molecule has 108 valence electrons. The van der Waals surface area contributed by atoms with Gasteiger partial charge in [-0.15, -0.1) is 0 Å². The molecule has 0 radical (unpaired) electrons. The Morgan fingerprint density at radius 3 is 2.42 bits per heavy atom. The fourth-order valence-electron chi connectivity index (χ4n) is 1.81. The molecule has 0 saturated heterocycles. The Bertz CT molecular complexity index is 513. The second-order valence-corrected chi connectivity index (χ2v) is 6.97. The maximum absolute atomic E-state index is 12.4. The first kappa shape index (κ1) is 16.6. The molecule has 2 N–H and O–H groups in total. The molecule has 1 aromatic carbocycles. The van der Waals surface area contributed by atoms with Gasteiger partial charge in [0.15, 0.2) is 0 Å². The second-order valence-electron chi connectivity index (χ2n) is 4.43. The summed E-state index contributed by atoms with van der Waals surface area (Å²) in [5.41, 5.74) is 0.940. The number of hydrogen-bond donors (Lipinski definition) is 2. The molecule has 19 heavy (non-hydrogen) atoms. The molecule has 0 unspecified atom stereocenters. The minimum atomic E-state index is -3.48. The van der Waals surface area contributed by atoms with Crippen LogP contribution in [0.25, 0.3) is 0 Å². The number of sulfonamides is 1. The summed E-state index contributed by atoms with van der Waals surface area (Å²) in [4.78, 5) is 0.298. The molecule has 0 fully saturated rings. The normalized spacial score (nSPS) is 12.1. The Hall–Kier alpha value is -0.430. The van der Waals surface area contributed by atoms with Crippen molar-refractivity contribution in [2.24, 2.45) is 0 Å². The van der Waals surface area contributed by atoms with Gasteiger partial charge in [0.05, 0.1) is 4.90 Å². The van der Waals surface area contributed by atoms with Crippen LogP contribution in [0.2, 0.25) is 0 Å². The monoisotopic (exact) mass is 348 g/mol. The summed E-state index contributed by atoms with van der Waals surface area (Å²) in [5.74, 6) is 0. The average molecular weight is 349 g/mol. The SMILES string of the molecule is CCC(CC)NS(=O)(=O)c1cc(CNC)ccc1Br. The number of rotatable bonds is 7. The van der Waals surface area contributed by atoms with E-state index >= 15 is 0 Å². The zero-order chi connectivity index (χ0) is 14.5. The van der Waals surface area contributed by atoms with Gasteiger partial charge in [0.2, 0.25) is 10.0 Å². The lowest BCUT2D eigenvalue weighted by Gasteiger charge is -2.16. The Morgan fingerprint density at radius 2 is 1.89 bits per heavy atom. The van der Waals surface area contributed by atoms with Crippen LogP contribution in [0, 0.1) is 0 Å². The zero-order valence-corrected chi connectivity index (χ0v) is 13.9. The summed E-state index contributed by atoms with van der Waals surface area (Å²) in [6, 6.07) is 5.35. The van der Waals surface area contributed by atoms with Gasteiger partial charge in [0.1, 0.15) is 0 Å². The average Bonchev–Trinajstić information content (AvgIpc) is 2.38. The van der Waals surface area contributed by atoms with Crippen molar-refractivity contribution in [3.63, 3.8) is 0 Å². The van der Waals surface area contributed by atoms with E-state index < -0.39 is 10.0 Å². The van der Waals surface area contributed by atoms with E-state index in [1.807, 2.05) is 27.0 Å². The molecule has 0 spiro atoms. The third-order valence-corrected chi connectivity index (χ3v) is 5.49. The van der Waals surface area contributed by atoms with Crippen LogP contribution in [0.1, 0.15) is 32.3 Å². The molecule has 1 rings (SSSR count). The first-order valence-electron chi connectivity index (χ1n) is 6.40. The van der Waals surface area contributed by atoms with E-state index in [9.17, 15) is 8.42 Å². The summed E-state index contributed by atoms with van der Waals surface area (Å²) >= 11 is 3.31. The Kier molecular flexibility index (Phi) is 6.46. The van der Waals surface area contributed by atoms with Crippen LogP contribution in [0.4, 0.5) is 0 Å². The van der Waals surface area contributed by atoms with Crippen molar-refractivity contribution >= 4 is 26.0 Å². The van der Waals surface area contributed by atoms with Gasteiger partial charge in [-0.3, -0.25) is 0 Å². The van der Waals surface area contributed by atoms with Crippen LogP contribution < -0.4 is 10.0 Å². The van der Waals surface area contributed by atoms with Crippen LogP contribution in [-0.4, -0.2) is 21.5 Å². The maximum atomic E-state index is 12.4. The minimum Gasteiger partial charge on any atom is -0.316 e.